The van der Waals surface area contributed by atoms with Crippen molar-refractivity contribution < 1.29 is 9.53 Å². The first-order valence-electron chi connectivity index (χ1n) is 8.60. The monoisotopic (exact) mass is 314 g/mol. The number of fused-ring (bicyclic) bond motifs is 1. The maximum Gasteiger partial charge on any atom is 0.253 e. The van der Waals surface area contributed by atoms with Crippen LogP contribution in [0, 0.1) is 13.8 Å². The topological polar surface area (TPSA) is 45.3 Å². The number of aromatic nitrogens is 1. The van der Waals surface area contributed by atoms with E-state index in [0.29, 0.717) is 6.54 Å². The second kappa shape index (κ2) is 6.75. The van der Waals surface area contributed by atoms with E-state index < -0.39 is 0 Å². The molecule has 0 bridgehead atoms. The Bertz CT molecular complexity index is 705. The molecule has 23 heavy (non-hydrogen) atoms. The van der Waals surface area contributed by atoms with Crippen molar-refractivity contribution in [3.63, 3.8) is 0 Å². The zero-order chi connectivity index (χ0) is 16.4. The number of nitrogens with one attached hydrogen (secondary N) is 1. The van der Waals surface area contributed by atoms with Crippen molar-refractivity contribution in [2.45, 2.75) is 46.1 Å². The number of likely N-dealkylation sites (tertiary alicyclic amines) is 1. The largest absolute Gasteiger partial charge is 0.376 e. The van der Waals surface area contributed by atoms with Crippen molar-refractivity contribution in [3.8, 4) is 0 Å². The number of carbonyl (C=O) groups excluding carboxylic acids is 1. The van der Waals surface area contributed by atoms with E-state index in [1.165, 1.54) is 5.56 Å². The maximum atomic E-state index is 12.8. The van der Waals surface area contributed by atoms with E-state index in [2.05, 4.69) is 25.8 Å². The summed E-state index contributed by atoms with van der Waals surface area (Å²) in [5.74, 6) is 0.120. The molecule has 4 nitrogen and oxygen atoms in total. The molecule has 1 aromatic carbocycles. The molecular weight excluding hydrogens is 288 g/mol. The number of amides is 1. The smallest absolute Gasteiger partial charge is 0.253 e. The molecule has 124 valence electrons. The summed E-state index contributed by atoms with van der Waals surface area (Å²) in [6.45, 7) is 8.59. The molecule has 0 radical (unpaired) electrons. The summed E-state index contributed by atoms with van der Waals surface area (Å²) in [7, 11) is 0. The average molecular weight is 314 g/mol. The van der Waals surface area contributed by atoms with E-state index in [-0.39, 0.29) is 12.0 Å². The highest BCUT2D eigenvalue weighted by atomic mass is 16.5. The van der Waals surface area contributed by atoms with Gasteiger partial charge in [-0.15, -0.1) is 0 Å². The number of nitrogens with zero attached hydrogens (tertiary/aromatic N) is 1. The normalized spacial score (nSPS) is 18.6. The molecule has 1 fully saturated rings. The third-order valence-electron chi connectivity index (χ3n) is 4.78. The first-order valence-corrected chi connectivity index (χ1v) is 8.60. The zero-order valence-corrected chi connectivity index (χ0v) is 14.3. The average Bonchev–Trinajstić information content (AvgIpc) is 2.86. The van der Waals surface area contributed by atoms with Gasteiger partial charge in [0.25, 0.3) is 5.91 Å². The number of piperidine rings is 1. The minimum Gasteiger partial charge on any atom is -0.376 e. The van der Waals surface area contributed by atoms with Gasteiger partial charge in [-0.2, -0.15) is 0 Å². The lowest BCUT2D eigenvalue weighted by molar-refractivity contribution is 0.00212. The van der Waals surface area contributed by atoms with Gasteiger partial charge in [-0.3, -0.25) is 4.79 Å². The molecule has 2 heterocycles. The second-order valence-corrected chi connectivity index (χ2v) is 6.52. The van der Waals surface area contributed by atoms with Gasteiger partial charge < -0.3 is 14.6 Å². The Morgan fingerprint density at radius 2 is 2.22 bits per heavy atom. The molecular formula is C19H26N2O2. The fourth-order valence-electron chi connectivity index (χ4n) is 3.32. The number of aryl methyl sites for hydroxylation is 2. The van der Waals surface area contributed by atoms with Crippen LogP contribution in [0.3, 0.4) is 0 Å². The van der Waals surface area contributed by atoms with Gasteiger partial charge in [-0.25, -0.2) is 0 Å². The number of H-pyrrole nitrogens is 1. The van der Waals surface area contributed by atoms with Crippen molar-refractivity contribution in [2.75, 3.05) is 19.7 Å². The molecule has 4 heteroatoms. The summed E-state index contributed by atoms with van der Waals surface area (Å²) < 4.78 is 5.84. The van der Waals surface area contributed by atoms with Gasteiger partial charge in [0.2, 0.25) is 0 Å². The van der Waals surface area contributed by atoms with Gasteiger partial charge in [0.05, 0.1) is 6.10 Å². The predicted octanol–water partition coefficient (Wildman–Crippen LogP) is 3.82. The van der Waals surface area contributed by atoms with Gasteiger partial charge in [-0.05, 0) is 56.9 Å². The number of benzene rings is 1. The number of hydrogen-bond donors (Lipinski definition) is 1. The highest BCUT2D eigenvalue weighted by molar-refractivity contribution is 5.99. The number of hydrogen-bond acceptors (Lipinski definition) is 2. The van der Waals surface area contributed by atoms with Crippen LogP contribution in [-0.4, -0.2) is 41.6 Å². The Balaban J connectivity index is 1.78. The van der Waals surface area contributed by atoms with E-state index in [1.54, 1.807) is 0 Å². The van der Waals surface area contributed by atoms with Crippen LogP contribution in [0.5, 0.6) is 0 Å². The SMILES string of the molecule is CCCOC1CCCN(C(=O)c2ccc3[nH]c(C)c(C)c3c2)C1. The van der Waals surface area contributed by atoms with Crippen molar-refractivity contribution in [2.24, 2.45) is 0 Å². The highest BCUT2D eigenvalue weighted by Crippen LogP contribution is 2.24. The minimum absolute atomic E-state index is 0.120. The minimum atomic E-state index is 0.120. The fourth-order valence-corrected chi connectivity index (χ4v) is 3.32. The van der Waals surface area contributed by atoms with Crippen LogP contribution in [-0.2, 0) is 4.74 Å². The molecule has 1 saturated heterocycles. The third kappa shape index (κ3) is 3.27. The Morgan fingerprint density at radius 1 is 1.39 bits per heavy atom. The summed E-state index contributed by atoms with van der Waals surface area (Å²) >= 11 is 0. The molecule has 0 saturated carbocycles. The van der Waals surface area contributed by atoms with Crippen LogP contribution in [0.2, 0.25) is 0 Å². The number of rotatable bonds is 4. The predicted molar refractivity (Wildman–Crippen MR) is 92.9 cm³/mol. The van der Waals surface area contributed by atoms with Gasteiger partial charge in [0.1, 0.15) is 0 Å². The Labute approximate surface area is 137 Å². The van der Waals surface area contributed by atoms with Crippen molar-refractivity contribution in [3.05, 3.63) is 35.0 Å². The van der Waals surface area contributed by atoms with Crippen LogP contribution >= 0.6 is 0 Å². The third-order valence-corrected chi connectivity index (χ3v) is 4.78. The molecule has 1 unspecified atom stereocenters. The standard InChI is InChI=1S/C19H26N2O2/c1-4-10-23-16-6-5-9-21(12-16)19(22)15-7-8-18-17(11-15)13(2)14(3)20-18/h7-8,11,16,20H,4-6,9-10,12H2,1-3H3. The van der Waals surface area contributed by atoms with Crippen molar-refractivity contribution >= 4 is 16.8 Å². The fraction of sp³-hybridized carbons (Fsp3) is 0.526. The van der Waals surface area contributed by atoms with Gasteiger partial charge in [0, 0.05) is 41.9 Å². The summed E-state index contributed by atoms with van der Waals surface area (Å²) in [5.41, 5.74) is 4.25. The second-order valence-electron chi connectivity index (χ2n) is 6.52. The highest BCUT2D eigenvalue weighted by Gasteiger charge is 2.25. The Hall–Kier alpha value is -1.81. The van der Waals surface area contributed by atoms with E-state index >= 15 is 0 Å². The molecule has 1 N–H and O–H groups in total. The Kier molecular flexibility index (Phi) is 4.71. The molecule has 1 aliphatic heterocycles. The maximum absolute atomic E-state index is 12.8. The molecule has 0 spiro atoms. The molecule has 2 aromatic rings. The number of ether oxygens (including phenoxy) is 1. The molecule has 3 rings (SSSR count). The van der Waals surface area contributed by atoms with Crippen molar-refractivity contribution in [1.82, 2.24) is 9.88 Å². The lowest BCUT2D eigenvalue weighted by Crippen LogP contribution is -2.43. The lowest BCUT2D eigenvalue weighted by atomic mass is 10.0. The van der Waals surface area contributed by atoms with E-state index in [4.69, 9.17) is 4.74 Å². The summed E-state index contributed by atoms with van der Waals surface area (Å²) in [5, 5.41) is 1.14. The number of aromatic amines is 1. The van der Waals surface area contributed by atoms with Crippen LogP contribution in [0.1, 0.15) is 47.8 Å². The van der Waals surface area contributed by atoms with Crippen LogP contribution in [0.4, 0.5) is 0 Å². The summed E-state index contributed by atoms with van der Waals surface area (Å²) in [6.07, 6.45) is 3.28. The zero-order valence-electron chi connectivity index (χ0n) is 14.3. The summed E-state index contributed by atoms with van der Waals surface area (Å²) in [6, 6.07) is 5.96. The van der Waals surface area contributed by atoms with Crippen LogP contribution in [0.25, 0.3) is 10.9 Å². The Morgan fingerprint density at radius 3 is 3.00 bits per heavy atom. The molecule has 1 aromatic heterocycles. The van der Waals surface area contributed by atoms with Crippen LogP contribution < -0.4 is 0 Å². The first kappa shape index (κ1) is 16.1. The quantitative estimate of drug-likeness (QED) is 0.932. The first-order chi connectivity index (χ1) is 11.1. The molecule has 0 aliphatic carbocycles. The number of carbonyl (C=O) groups is 1. The molecule has 1 aliphatic rings. The lowest BCUT2D eigenvalue weighted by Gasteiger charge is -2.32. The van der Waals surface area contributed by atoms with Gasteiger partial charge in [-0.1, -0.05) is 6.92 Å². The molecule has 1 amide bonds. The van der Waals surface area contributed by atoms with E-state index in [9.17, 15) is 4.79 Å². The van der Waals surface area contributed by atoms with Gasteiger partial charge in [0.15, 0.2) is 0 Å². The van der Waals surface area contributed by atoms with Gasteiger partial charge >= 0.3 is 0 Å². The van der Waals surface area contributed by atoms with E-state index in [0.717, 1.165) is 54.6 Å². The van der Waals surface area contributed by atoms with Crippen LogP contribution in [0.15, 0.2) is 18.2 Å². The van der Waals surface area contributed by atoms with E-state index in [1.807, 2.05) is 23.1 Å². The van der Waals surface area contributed by atoms with Crippen molar-refractivity contribution in [1.29, 1.82) is 0 Å². The molecule has 1 atom stereocenters. The summed E-state index contributed by atoms with van der Waals surface area (Å²) in [4.78, 5) is 18.1.